The summed E-state index contributed by atoms with van der Waals surface area (Å²) in [4.78, 5) is 4.92. The van der Waals surface area contributed by atoms with Crippen LogP contribution in [-0.2, 0) is 6.54 Å². The molecule has 3 aromatic rings. The number of aromatic nitrogens is 2. The fraction of sp³-hybridized carbons (Fsp3) is 0.409. The molecule has 4 nitrogen and oxygen atoms in total. The summed E-state index contributed by atoms with van der Waals surface area (Å²) in [7, 11) is 0. The lowest BCUT2D eigenvalue weighted by Gasteiger charge is -2.23. The lowest BCUT2D eigenvalue weighted by atomic mass is 9.88. The third kappa shape index (κ3) is 4.36. The van der Waals surface area contributed by atoms with Crippen molar-refractivity contribution in [3.63, 3.8) is 0 Å². The van der Waals surface area contributed by atoms with Gasteiger partial charge in [0.2, 0.25) is 0 Å². The van der Waals surface area contributed by atoms with Crippen LogP contribution in [0.3, 0.4) is 0 Å². The van der Waals surface area contributed by atoms with E-state index in [-0.39, 0.29) is 6.61 Å². The Hall–Kier alpha value is -1.85. The normalized spacial score (nSPS) is 16.5. The zero-order chi connectivity index (χ0) is 18.6. The van der Waals surface area contributed by atoms with E-state index >= 15 is 0 Å². The molecule has 0 saturated heterocycles. The molecule has 0 aliphatic heterocycles. The summed E-state index contributed by atoms with van der Waals surface area (Å²) in [5.74, 6) is 2.38. The molecule has 5 heteroatoms. The molecule has 0 spiro atoms. The molecule has 1 N–H and O–H groups in total. The van der Waals surface area contributed by atoms with Crippen LogP contribution in [0, 0.1) is 0 Å². The minimum absolute atomic E-state index is 0.262. The Labute approximate surface area is 168 Å². The Morgan fingerprint density at radius 3 is 2.59 bits per heavy atom. The van der Waals surface area contributed by atoms with E-state index in [0.29, 0.717) is 12.5 Å². The predicted molar refractivity (Wildman–Crippen MR) is 111 cm³/mol. The first-order valence-corrected chi connectivity index (χ1v) is 10.5. The van der Waals surface area contributed by atoms with E-state index in [2.05, 4.69) is 32.6 Å². The molecule has 142 valence electrons. The van der Waals surface area contributed by atoms with Gasteiger partial charge < -0.3 is 14.4 Å². The number of aliphatic hydroxyl groups is 1. The van der Waals surface area contributed by atoms with Crippen molar-refractivity contribution in [1.82, 2.24) is 9.55 Å². The van der Waals surface area contributed by atoms with Gasteiger partial charge in [-0.2, -0.15) is 0 Å². The summed E-state index contributed by atoms with van der Waals surface area (Å²) in [6, 6.07) is 15.9. The maximum Gasteiger partial charge on any atom is 0.119 e. The van der Waals surface area contributed by atoms with Crippen molar-refractivity contribution in [2.24, 2.45) is 0 Å². The highest BCUT2D eigenvalue weighted by molar-refractivity contribution is 9.10. The number of aliphatic hydroxyl groups excluding tert-OH is 1. The minimum atomic E-state index is -0.589. The smallest absolute Gasteiger partial charge is 0.119 e. The van der Waals surface area contributed by atoms with Crippen LogP contribution in [0.4, 0.5) is 0 Å². The summed E-state index contributed by atoms with van der Waals surface area (Å²) in [5, 5.41) is 10.6. The number of hydrogen-bond donors (Lipinski definition) is 1. The van der Waals surface area contributed by atoms with Crippen LogP contribution in [0.1, 0.15) is 43.8 Å². The van der Waals surface area contributed by atoms with E-state index in [1.165, 1.54) is 32.1 Å². The molecule has 1 aliphatic carbocycles. The second-order valence-electron chi connectivity index (χ2n) is 7.32. The van der Waals surface area contributed by atoms with Gasteiger partial charge in [0.25, 0.3) is 0 Å². The van der Waals surface area contributed by atoms with Crippen LogP contribution in [0.5, 0.6) is 5.75 Å². The zero-order valence-electron chi connectivity index (χ0n) is 15.4. The number of halogens is 1. The summed E-state index contributed by atoms with van der Waals surface area (Å²) in [5.41, 5.74) is 2.11. The fourth-order valence-electron chi connectivity index (χ4n) is 3.95. The average molecular weight is 429 g/mol. The van der Waals surface area contributed by atoms with Gasteiger partial charge in [-0.15, -0.1) is 0 Å². The van der Waals surface area contributed by atoms with Crippen molar-refractivity contribution in [3.05, 3.63) is 58.8 Å². The first-order valence-electron chi connectivity index (χ1n) is 9.72. The molecule has 0 amide bonds. The number of nitrogens with zero attached hydrogens (tertiary/aromatic N) is 2. The van der Waals surface area contributed by atoms with Gasteiger partial charge in [-0.25, -0.2) is 4.98 Å². The van der Waals surface area contributed by atoms with Crippen LogP contribution < -0.4 is 4.74 Å². The lowest BCUT2D eigenvalue weighted by molar-refractivity contribution is 0.0922. The molecule has 1 atom stereocenters. The number of benzene rings is 2. The van der Waals surface area contributed by atoms with Crippen LogP contribution in [0.25, 0.3) is 11.0 Å². The molecule has 1 aliphatic rings. The van der Waals surface area contributed by atoms with Gasteiger partial charge in [-0.3, -0.25) is 0 Å². The maximum atomic E-state index is 10.6. The molecule has 0 radical (unpaired) electrons. The van der Waals surface area contributed by atoms with E-state index in [1.54, 1.807) is 0 Å². The Bertz CT molecular complexity index is 885. The zero-order valence-corrected chi connectivity index (χ0v) is 16.9. The molecule has 1 heterocycles. The highest BCUT2D eigenvalue weighted by atomic mass is 79.9. The second-order valence-corrected chi connectivity index (χ2v) is 8.24. The molecule has 1 unspecified atom stereocenters. The molecule has 4 rings (SSSR count). The first kappa shape index (κ1) is 18.5. The number of para-hydroxylation sites is 2. The third-order valence-corrected chi connectivity index (χ3v) is 5.83. The van der Waals surface area contributed by atoms with Crippen LogP contribution in [0.15, 0.2) is 53.0 Å². The monoisotopic (exact) mass is 428 g/mol. The van der Waals surface area contributed by atoms with Gasteiger partial charge >= 0.3 is 0 Å². The standard InChI is InChI=1S/C22H25BrN2O2/c23-17-10-12-19(13-11-17)27-15-18(26)14-25-21-9-5-4-8-20(21)24-22(25)16-6-2-1-3-7-16/h4-5,8-13,16,18,26H,1-3,6-7,14-15H2. The van der Waals surface area contributed by atoms with E-state index in [0.717, 1.165) is 27.1 Å². The number of fused-ring (bicyclic) bond motifs is 1. The van der Waals surface area contributed by atoms with Crippen LogP contribution >= 0.6 is 15.9 Å². The SMILES string of the molecule is OC(COc1ccc(Br)cc1)Cn1c(C2CCCCC2)nc2ccccc21. The fourth-order valence-corrected chi connectivity index (χ4v) is 4.21. The van der Waals surface area contributed by atoms with Crippen molar-refractivity contribution in [2.45, 2.75) is 50.7 Å². The summed E-state index contributed by atoms with van der Waals surface area (Å²) in [6.45, 7) is 0.765. The van der Waals surface area contributed by atoms with Crippen LogP contribution in [-0.4, -0.2) is 27.4 Å². The molecule has 2 aromatic carbocycles. The van der Waals surface area contributed by atoms with Crippen molar-refractivity contribution in [3.8, 4) is 5.75 Å². The molecule has 1 saturated carbocycles. The number of imidazole rings is 1. The first-order chi connectivity index (χ1) is 13.2. The molecular weight excluding hydrogens is 404 g/mol. The van der Waals surface area contributed by atoms with Gasteiger partial charge in [0.1, 0.15) is 24.3 Å². The van der Waals surface area contributed by atoms with Crippen molar-refractivity contribution >= 4 is 27.0 Å². The van der Waals surface area contributed by atoms with E-state index in [1.807, 2.05) is 36.4 Å². The van der Waals surface area contributed by atoms with E-state index < -0.39 is 6.10 Å². The largest absolute Gasteiger partial charge is 0.491 e. The Kier molecular flexibility index (Phi) is 5.79. The lowest BCUT2D eigenvalue weighted by Crippen LogP contribution is -2.25. The molecule has 1 fully saturated rings. The summed E-state index contributed by atoms with van der Waals surface area (Å²) >= 11 is 3.42. The average Bonchev–Trinajstić information content (AvgIpc) is 3.07. The molecule has 27 heavy (non-hydrogen) atoms. The number of rotatable bonds is 6. The predicted octanol–water partition coefficient (Wildman–Crippen LogP) is 5.29. The van der Waals surface area contributed by atoms with Gasteiger partial charge in [0.05, 0.1) is 17.6 Å². The van der Waals surface area contributed by atoms with Crippen molar-refractivity contribution in [2.75, 3.05) is 6.61 Å². The Morgan fingerprint density at radius 1 is 1.07 bits per heavy atom. The van der Waals surface area contributed by atoms with Crippen molar-refractivity contribution in [1.29, 1.82) is 0 Å². The topological polar surface area (TPSA) is 47.3 Å². The van der Waals surface area contributed by atoms with Gasteiger partial charge in [0, 0.05) is 10.4 Å². The number of ether oxygens (including phenoxy) is 1. The molecule has 0 bridgehead atoms. The minimum Gasteiger partial charge on any atom is -0.491 e. The van der Waals surface area contributed by atoms with Crippen LogP contribution in [0.2, 0.25) is 0 Å². The van der Waals surface area contributed by atoms with Crippen molar-refractivity contribution < 1.29 is 9.84 Å². The highest BCUT2D eigenvalue weighted by Gasteiger charge is 2.23. The maximum absolute atomic E-state index is 10.6. The van der Waals surface area contributed by atoms with E-state index in [9.17, 15) is 5.11 Å². The van der Waals surface area contributed by atoms with Gasteiger partial charge in [-0.1, -0.05) is 47.3 Å². The van der Waals surface area contributed by atoms with Gasteiger partial charge in [0.15, 0.2) is 0 Å². The molecular formula is C22H25BrN2O2. The highest BCUT2D eigenvalue weighted by Crippen LogP contribution is 2.34. The Morgan fingerprint density at radius 2 is 1.81 bits per heavy atom. The second kappa shape index (κ2) is 8.44. The van der Waals surface area contributed by atoms with E-state index in [4.69, 9.17) is 9.72 Å². The van der Waals surface area contributed by atoms with Gasteiger partial charge in [-0.05, 0) is 49.2 Å². The Balaban J connectivity index is 1.51. The molecule has 1 aromatic heterocycles. The summed E-state index contributed by atoms with van der Waals surface area (Å²) < 4.78 is 8.99. The number of hydrogen-bond acceptors (Lipinski definition) is 3. The summed E-state index contributed by atoms with van der Waals surface area (Å²) in [6.07, 6.45) is 5.64. The quantitative estimate of drug-likeness (QED) is 0.580. The third-order valence-electron chi connectivity index (χ3n) is 5.30.